The van der Waals surface area contributed by atoms with Crippen molar-refractivity contribution in [3.8, 4) is 5.75 Å². The number of phenolic OH excluding ortho intramolecular Hbond substituents is 1. The quantitative estimate of drug-likeness (QED) is 0.896. The van der Waals surface area contributed by atoms with E-state index < -0.39 is 0 Å². The number of carbonyl (C=O) groups is 1. The first-order valence-electron chi connectivity index (χ1n) is 5.97. The smallest absolute Gasteiger partial charge is 0.244 e. The van der Waals surface area contributed by atoms with Gasteiger partial charge in [0.15, 0.2) is 0 Å². The first kappa shape index (κ1) is 13.1. The average molecular weight is 260 g/mol. The van der Waals surface area contributed by atoms with Crippen LogP contribution in [0.4, 0.5) is 0 Å². The summed E-state index contributed by atoms with van der Waals surface area (Å²) in [5, 5.41) is 17.2. The Balaban J connectivity index is 2.09. The molecule has 1 unspecified atom stereocenters. The molecule has 0 aliphatic heterocycles. The highest BCUT2D eigenvalue weighted by Gasteiger charge is 2.19. The zero-order chi connectivity index (χ0) is 13.8. The molecular formula is C13H16N4O2. The van der Waals surface area contributed by atoms with Gasteiger partial charge in [-0.15, -0.1) is 5.10 Å². The summed E-state index contributed by atoms with van der Waals surface area (Å²) in [7, 11) is 1.70. The normalized spacial score (nSPS) is 12.1. The summed E-state index contributed by atoms with van der Waals surface area (Å²) in [5.74, 6) is 0.0941. The van der Waals surface area contributed by atoms with Crippen molar-refractivity contribution >= 4 is 5.91 Å². The number of likely N-dealkylation sites (N-methyl/N-ethyl adjacent to an activating group) is 1. The van der Waals surface area contributed by atoms with Crippen LogP contribution in [0.25, 0.3) is 0 Å². The van der Waals surface area contributed by atoms with Gasteiger partial charge in [0.2, 0.25) is 5.91 Å². The Morgan fingerprint density at radius 2 is 2.21 bits per heavy atom. The van der Waals surface area contributed by atoms with Gasteiger partial charge in [-0.2, -0.15) is 0 Å². The van der Waals surface area contributed by atoms with E-state index in [1.54, 1.807) is 36.3 Å². The van der Waals surface area contributed by atoms with Crippen LogP contribution in [-0.4, -0.2) is 38.0 Å². The molecule has 0 saturated heterocycles. The minimum absolute atomic E-state index is 0.0961. The fourth-order valence-corrected chi connectivity index (χ4v) is 1.83. The number of amides is 1. The molecule has 0 aliphatic rings. The molecule has 19 heavy (non-hydrogen) atoms. The molecule has 0 bridgehead atoms. The summed E-state index contributed by atoms with van der Waals surface area (Å²) < 4.78 is 1.47. The molecule has 0 radical (unpaired) electrons. The van der Waals surface area contributed by atoms with E-state index in [-0.39, 0.29) is 24.2 Å². The van der Waals surface area contributed by atoms with Crippen LogP contribution in [-0.2, 0) is 11.3 Å². The van der Waals surface area contributed by atoms with Crippen LogP contribution in [0.15, 0.2) is 36.7 Å². The van der Waals surface area contributed by atoms with Crippen molar-refractivity contribution in [1.29, 1.82) is 0 Å². The number of nitrogens with zero attached hydrogens (tertiary/aromatic N) is 4. The summed E-state index contributed by atoms with van der Waals surface area (Å²) in [6.45, 7) is 2.00. The Labute approximate surface area is 111 Å². The predicted octanol–water partition coefficient (Wildman–Crippen LogP) is 1.20. The minimum Gasteiger partial charge on any atom is -0.508 e. The van der Waals surface area contributed by atoms with E-state index in [1.165, 1.54) is 10.9 Å². The topological polar surface area (TPSA) is 71.2 Å². The lowest BCUT2D eigenvalue weighted by atomic mass is 10.1. The SMILES string of the molecule is CC(c1ccccc1O)N(C)C(=O)Cn1ccnn1. The summed E-state index contributed by atoms with van der Waals surface area (Å²) >= 11 is 0. The van der Waals surface area contributed by atoms with Gasteiger partial charge in [0.1, 0.15) is 12.3 Å². The van der Waals surface area contributed by atoms with Gasteiger partial charge in [-0.1, -0.05) is 23.4 Å². The Morgan fingerprint density at radius 1 is 1.47 bits per heavy atom. The summed E-state index contributed by atoms with van der Waals surface area (Å²) in [5.41, 5.74) is 0.719. The highest BCUT2D eigenvalue weighted by Crippen LogP contribution is 2.27. The molecule has 100 valence electrons. The van der Waals surface area contributed by atoms with E-state index in [9.17, 15) is 9.90 Å². The molecule has 0 aliphatic carbocycles. The fraction of sp³-hybridized carbons (Fsp3) is 0.308. The van der Waals surface area contributed by atoms with E-state index in [4.69, 9.17) is 0 Å². The van der Waals surface area contributed by atoms with Crippen LogP contribution in [0.5, 0.6) is 5.75 Å². The number of benzene rings is 1. The van der Waals surface area contributed by atoms with E-state index >= 15 is 0 Å². The lowest BCUT2D eigenvalue weighted by Gasteiger charge is -2.25. The number of aromatic nitrogens is 3. The minimum atomic E-state index is -0.211. The van der Waals surface area contributed by atoms with Gasteiger partial charge in [-0.05, 0) is 13.0 Å². The van der Waals surface area contributed by atoms with Crippen molar-refractivity contribution in [2.24, 2.45) is 0 Å². The molecule has 6 nitrogen and oxygen atoms in total. The Hall–Kier alpha value is -2.37. The Morgan fingerprint density at radius 3 is 2.84 bits per heavy atom. The van der Waals surface area contributed by atoms with Crippen molar-refractivity contribution in [2.75, 3.05) is 7.05 Å². The molecular weight excluding hydrogens is 244 g/mol. The molecule has 0 spiro atoms. The van der Waals surface area contributed by atoms with Gasteiger partial charge in [0.25, 0.3) is 0 Å². The zero-order valence-corrected chi connectivity index (χ0v) is 10.9. The highest BCUT2D eigenvalue weighted by atomic mass is 16.3. The molecule has 1 atom stereocenters. The van der Waals surface area contributed by atoms with Crippen LogP contribution in [0.3, 0.4) is 0 Å². The predicted molar refractivity (Wildman–Crippen MR) is 69.3 cm³/mol. The highest BCUT2D eigenvalue weighted by molar-refractivity contribution is 5.76. The van der Waals surface area contributed by atoms with E-state index in [0.717, 1.165) is 5.56 Å². The van der Waals surface area contributed by atoms with Gasteiger partial charge in [-0.3, -0.25) is 4.79 Å². The van der Waals surface area contributed by atoms with Crippen molar-refractivity contribution in [2.45, 2.75) is 19.5 Å². The van der Waals surface area contributed by atoms with Gasteiger partial charge >= 0.3 is 0 Å². The standard InChI is InChI=1S/C13H16N4O2/c1-10(11-5-3-4-6-12(11)18)16(2)13(19)9-17-8-7-14-15-17/h3-8,10,18H,9H2,1-2H3. The van der Waals surface area contributed by atoms with Crippen molar-refractivity contribution in [3.05, 3.63) is 42.2 Å². The number of carbonyl (C=O) groups excluding carboxylic acids is 1. The fourth-order valence-electron chi connectivity index (χ4n) is 1.83. The maximum atomic E-state index is 12.1. The van der Waals surface area contributed by atoms with E-state index in [2.05, 4.69) is 10.3 Å². The van der Waals surface area contributed by atoms with Gasteiger partial charge < -0.3 is 10.0 Å². The monoisotopic (exact) mass is 260 g/mol. The van der Waals surface area contributed by atoms with Gasteiger partial charge in [0.05, 0.1) is 12.2 Å². The lowest BCUT2D eigenvalue weighted by molar-refractivity contribution is -0.132. The zero-order valence-electron chi connectivity index (χ0n) is 10.9. The second kappa shape index (κ2) is 5.51. The van der Waals surface area contributed by atoms with Crippen LogP contribution in [0.2, 0.25) is 0 Å². The van der Waals surface area contributed by atoms with Crippen molar-refractivity contribution < 1.29 is 9.90 Å². The van der Waals surface area contributed by atoms with E-state index in [1.807, 2.05) is 13.0 Å². The van der Waals surface area contributed by atoms with Crippen molar-refractivity contribution in [1.82, 2.24) is 19.9 Å². The first-order chi connectivity index (χ1) is 9.09. The maximum Gasteiger partial charge on any atom is 0.244 e. The van der Waals surface area contributed by atoms with Crippen molar-refractivity contribution in [3.63, 3.8) is 0 Å². The lowest BCUT2D eigenvalue weighted by Crippen LogP contribution is -2.32. The largest absolute Gasteiger partial charge is 0.508 e. The third-order valence-corrected chi connectivity index (χ3v) is 3.13. The molecule has 2 aromatic rings. The summed E-state index contributed by atoms with van der Waals surface area (Å²) in [4.78, 5) is 13.7. The number of aromatic hydroxyl groups is 1. The second-order valence-corrected chi connectivity index (χ2v) is 4.34. The molecule has 0 saturated carbocycles. The summed E-state index contributed by atoms with van der Waals surface area (Å²) in [6, 6.07) is 6.79. The second-order valence-electron chi connectivity index (χ2n) is 4.34. The molecule has 0 fully saturated rings. The number of phenols is 1. The molecule has 2 rings (SSSR count). The van der Waals surface area contributed by atoms with Crippen LogP contribution in [0, 0.1) is 0 Å². The number of hydrogen-bond acceptors (Lipinski definition) is 4. The average Bonchev–Trinajstić information content (AvgIpc) is 2.90. The van der Waals surface area contributed by atoms with Gasteiger partial charge in [0, 0.05) is 18.8 Å². The van der Waals surface area contributed by atoms with Gasteiger partial charge in [-0.25, -0.2) is 4.68 Å². The molecule has 1 aromatic carbocycles. The van der Waals surface area contributed by atoms with Crippen LogP contribution in [0.1, 0.15) is 18.5 Å². The Kier molecular flexibility index (Phi) is 3.79. The van der Waals surface area contributed by atoms with E-state index in [0.29, 0.717) is 0 Å². The third-order valence-electron chi connectivity index (χ3n) is 3.13. The molecule has 1 N–H and O–H groups in total. The first-order valence-corrected chi connectivity index (χ1v) is 5.97. The molecule has 1 aromatic heterocycles. The number of para-hydroxylation sites is 1. The molecule has 6 heteroatoms. The number of rotatable bonds is 4. The van der Waals surface area contributed by atoms with Crippen LogP contribution >= 0.6 is 0 Å². The third kappa shape index (κ3) is 2.90. The maximum absolute atomic E-state index is 12.1. The molecule has 1 heterocycles. The number of hydrogen-bond donors (Lipinski definition) is 1. The summed E-state index contributed by atoms with van der Waals surface area (Å²) in [6.07, 6.45) is 3.16. The molecule has 1 amide bonds. The van der Waals surface area contributed by atoms with Crippen LogP contribution < -0.4 is 0 Å². The Bertz CT molecular complexity index is 554.